The van der Waals surface area contributed by atoms with E-state index in [-0.39, 0.29) is 29.9 Å². The van der Waals surface area contributed by atoms with E-state index in [0.717, 1.165) is 0 Å². The molecule has 2 amide bonds. The van der Waals surface area contributed by atoms with Crippen molar-refractivity contribution in [3.05, 3.63) is 77.0 Å². The number of nitrogens with one attached hydrogen (secondary N) is 1. The summed E-state index contributed by atoms with van der Waals surface area (Å²) < 4.78 is 30.6. The predicted octanol–water partition coefficient (Wildman–Crippen LogP) is 4.30. The van der Waals surface area contributed by atoms with Crippen molar-refractivity contribution in [2.75, 3.05) is 44.4 Å². The van der Waals surface area contributed by atoms with Crippen molar-refractivity contribution in [1.29, 1.82) is 0 Å². The summed E-state index contributed by atoms with van der Waals surface area (Å²) in [5, 5.41) is 7.24. The van der Waals surface area contributed by atoms with Gasteiger partial charge in [0, 0.05) is 29.6 Å². The molecule has 0 radical (unpaired) electrons. The van der Waals surface area contributed by atoms with Crippen LogP contribution in [0.25, 0.3) is 5.69 Å². The molecule has 0 aliphatic carbocycles. The lowest BCUT2D eigenvalue weighted by molar-refractivity contribution is -0.122. The molecule has 0 bridgehead atoms. The largest absolute Gasteiger partial charge is 0.353 e. The van der Waals surface area contributed by atoms with Gasteiger partial charge in [-0.05, 0) is 44.4 Å². The summed E-state index contributed by atoms with van der Waals surface area (Å²) in [6, 6.07) is 12.3. The molecule has 2 aromatic carbocycles. The van der Waals surface area contributed by atoms with Gasteiger partial charge in [0.1, 0.15) is 24.0 Å². The first-order chi connectivity index (χ1) is 18.0. The molecule has 202 valence electrons. The Bertz CT molecular complexity index is 1320. The van der Waals surface area contributed by atoms with Crippen molar-refractivity contribution < 1.29 is 18.4 Å². The minimum absolute atomic E-state index is 0.0473. The highest BCUT2D eigenvalue weighted by Crippen LogP contribution is 2.48. The van der Waals surface area contributed by atoms with Crippen LogP contribution in [0.4, 0.5) is 14.6 Å². The van der Waals surface area contributed by atoms with Gasteiger partial charge in [-0.1, -0.05) is 39.0 Å². The van der Waals surface area contributed by atoms with Crippen LogP contribution in [-0.2, 0) is 15.0 Å². The van der Waals surface area contributed by atoms with E-state index in [9.17, 15) is 14.0 Å². The fraction of sp³-hybridized carbons (Fsp3) is 0.393. The molecule has 0 saturated carbocycles. The van der Waals surface area contributed by atoms with E-state index in [0.29, 0.717) is 41.4 Å². The lowest BCUT2D eigenvalue weighted by Crippen LogP contribution is -2.43. The van der Waals surface area contributed by atoms with Gasteiger partial charge in [-0.2, -0.15) is 5.10 Å². The van der Waals surface area contributed by atoms with Crippen LogP contribution >= 0.6 is 11.8 Å². The number of anilines is 1. The van der Waals surface area contributed by atoms with Crippen LogP contribution < -0.4 is 10.2 Å². The van der Waals surface area contributed by atoms with E-state index in [2.05, 4.69) is 5.32 Å². The highest BCUT2D eigenvalue weighted by molar-refractivity contribution is 8.00. The number of hydrogen-bond acceptors (Lipinski definition) is 5. The average Bonchev–Trinajstić information content (AvgIpc) is 3.18. The minimum atomic E-state index is -0.541. The number of likely N-dealkylation sites (N-methyl/N-ethyl adjacent to an activating group) is 1. The highest BCUT2D eigenvalue weighted by Gasteiger charge is 2.40. The zero-order valence-corrected chi connectivity index (χ0v) is 23.1. The standard InChI is InChI=1S/C28H33F2N5O2S/c1-28(2,3)26-24-25(20-8-6-7-9-21(20)30)38-17-23(37)34(16-22(36)31-14-15-33(4)5)27(24)35(32-26)19-12-10-18(29)11-13-19/h6-13,25H,14-17H2,1-5H3,(H,31,36)/t25-/m0/s1. The number of fused-ring (bicyclic) bond motifs is 1. The Labute approximate surface area is 226 Å². The van der Waals surface area contributed by atoms with Gasteiger partial charge in [-0.15, -0.1) is 11.8 Å². The van der Waals surface area contributed by atoms with E-state index < -0.39 is 16.5 Å². The molecule has 0 saturated heterocycles. The number of thioether (sulfide) groups is 1. The third-order valence-electron chi connectivity index (χ3n) is 6.24. The number of aromatic nitrogens is 2. The first-order valence-electron chi connectivity index (χ1n) is 12.4. The zero-order valence-electron chi connectivity index (χ0n) is 22.3. The van der Waals surface area contributed by atoms with Crippen molar-refractivity contribution in [3.8, 4) is 5.69 Å². The Morgan fingerprint density at radius 1 is 1.13 bits per heavy atom. The lowest BCUT2D eigenvalue weighted by Gasteiger charge is -2.24. The zero-order chi connectivity index (χ0) is 27.6. The van der Waals surface area contributed by atoms with Gasteiger partial charge >= 0.3 is 0 Å². The second-order valence-electron chi connectivity index (χ2n) is 10.6. The Hall–Kier alpha value is -3.24. The molecule has 1 aliphatic rings. The van der Waals surface area contributed by atoms with Crippen molar-refractivity contribution >= 4 is 29.4 Å². The molecule has 7 nitrogen and oxygen atoms in total. The predicted molar refractivity (Wildman–Crippen MR) is 147 cm³/mol. The Kier molecular flexibility index (Phi) is 8.22. The number of amides is 2. The minimum Gasteiger partial charge on any atom is -0.353 e. The SMILES string of the molecule is CN(C)CCNC(=O)CN1C(=O)CS[C@@H](c2ccccc2F)c2c(C(C)(C)C)nn(-c3ccc(F)cc3)c21. The quantitative estimate of drug-likeness (QED) is 0.483. The maximum atomic E-state index is 15.2. The van der Waals surface area contributed by atoms with Gasteiger partial charge < -0.3 is 10.2 Å². The summed E-state index contributed by atoms with van der Waals surface area (Å²) >= 11 is 1.31. The summed E-state index contributed by atoms with van der Waals surface area (Å²) in [5.74, 6) is -0.950. The van der Waals surface area contributed by atoms with Crippen molar-refractivity contribution in [2.45, 2.75) is 31.4 Å². The normalized spacial score (nSPS) is 15.9. The molecule has 4 rings (SSSR count). The Balaban J connectivity index is 1.93. The first kappa shape index (κ1) is 27.8. The number of rotatable bonds is 7. The molecule has 1 aliphatic heterocycles. The number of hydrogen-bond donors (Lipinski definition) is 1. The fourth-order valence-electron chi connectivity index (χ4n) is 4.39. The molecule has 1 N–H and O–H groups in total. The van der Waals surface area contributed by atoms with Crippen LogP contribution in [0.5, 0.6) is 0 Å². The number of carbonyl (C=O) groups excluding carboxylic acids is 2. The molecule has 1 atom stereocenters. The summed E-state index contributed by atoms with van der Waals surface area (Å²) in [5.41, 5.74) is 1.83. The van der Waals surface area contributed by atoms with Gasteiger partial charge in [0.15, 0.2) is 0 Å². The Morgan fingerprint density at radius 2 is 1.82 bits per heavy atom. The lowest BCUT2D eigenvalue weighted by atomic mass is 9.87. The van der Waals surface area contributed by atoms with Crippen LogP contribution in [0, 0.1) is 11.6 Å². The summed E-state index contributed by atoms with van der Waals surface area (Å²) in [4.78, 5) is 29.9. The molecule has 3 aromatic rings. The van der Waals surface area contributed by atoms with E-state index in [1.807, 2.05) is 39.8 Å². The number of nitrogens with zero attached hydrogens (tertiary/aromatic N) is 4. The van der Waals surface area contributed by atoms with Crippen molar-refractivity contribution in [1.82, 2.24) is 20.0 Å². The van der Waals surface area contributed by atoms with Gasteiger partial charge in [0.2, 0.25) is 11.8 Å². The molecule has 0 spiro atoms. The van der Waals surface area contributed by atoms with E-state index in [1.54, 1.807) is 35.0 Å². The van der Waals surface area contributed by atoms with Gasteiger partial charge in [0.05, 0.1) is 22.4 Å². The molecule has 2 heterocycles. The number of carbonyl (C=O) groups is 2. The smallest absolute Gasteiger partial charge is 0.240 e. The topological polar surface area (TPSA) is 70.5 Å². The Morgan fingerprint density at radius 3 is 2.45 bits per heavy atom. The third-order valence-corrected chi connectivity index (χ3v) is 7.48. The van der Waals surface area contributed by atoms with Gasteiger partial charge in [-0.3, -0.25) is 14.5 Å². The number of halogens is 2. The van der Waals surface area contributed by atoms with Crippen LogP contribution in [-0.4, -0.2) is 66.0 Å². The monoisotopic (exact) mass is 541 g/mol. The molecule has 1 aromatic heterocycles. The highest BCUT2D eigenvalue weighted by atomic mass is 32.2. The van der Waals surface area contributed by atoms with Crippen LogP contribution in [0.2, 0.25) is 0 Å². The van der Waals surface area contributed by atoms with Crippen LogP contribution in [0.3, 0.4) is 0 Å². The first-order valence-corrected chi connectivity index (χ1v) is 13.5. The van der Waals surface area contributed by atoms with E-state index in [4.69, 9.17) is 5.10 Å². The molecule has 0 fully saturated rings. The summed E-state index contributed by atoms with van der Waals surface area (Å²) in [6.07, 6.45) is 0. The fourth-order valence-corrected chi connectivity index (χ4v) is 5.61. The van der Waals surface area contributed by atoms with Gasteiger partial charge in [-0.25, -0.2) is 13.5 Å². The van der Waals surface area contributed by atoms with Gasteiger partial charge in [0.25, 0.3) is 0 Å². The average molecular weight is 542 g/mol. The second-order valence-corrected chi connectivity index (χ2v) is 11.7. The molecule has 38 heavy (non-hydrogen) atoms. The van der Waals surface area contributed by atoms with Crippen LogP contribution in [0.1, 0.15) is 42.8 Å². The van der Waals surface area contributed by atoms with Crippen molar-refractivity contribution in [2.24, 2.45) is 0 Å². The third kappa shape index (κ3) is 5.91. The molecule has 10 heteroatoms. The van der Waals surface area contributed by atoms with Crippen molar-refractivity contribution in [3.63, 3.8) is 0 Å². The summed E-state index contributed by atoms with van der Waals surface area (Å²) in [6.45, 7) is 6.85. The molecular formula is C28H33F2N5O2S. The molecular weight excluding hydrogens is 508 g/mol. The van der Waals surface area contributed by atoms with Crippen LogP contribution in [0.15, 0.2) is 48.5 Å². The summed E-state index contributed by atoms with van der Waals surface area (Å²) in [7, 11) is 3.82. The number of benzene rings is 2. The maximum Gasteiger partial charge on any atom is 0.240 e. The maximum absolute atomic E-state index is 15.2. The van der Waals surface area contributed by atoms with E-state index in [1.165, 1.54) is 34.9 Å². The molecule has 0 unspecified atom stereocenters. The van der Waals surface area contributed by atoms with E-state index >= 15 is 4.39 Å². The second kappa shape index (κ2) is 11.2.